The van der Waals surface area contributed by atoms with E-state index in [1.807, 2.05) is 13.0 Å². The number of carbonyl (C=O) groups is 2. The van der Waals surface area contributed by atoms with Gasteiger partial charge in [-0.15, -0.1) is 0 Å². The molecule has 1 fully saturated rings. The SMILES string of the molecule is CCCNC(=O)O[C@H]1CC[C@@H](c2cc(NC(=O)Cc3cnc(OC)s3)n[nH]2)C1. The maximum atomic E-state index is 12.2. The molecule has 0 unspecified atom stereocenters. The van der Waals surface area contributed by atoms with Gasteiger partial charge in [0.15, 0.2) is 5.82 Å². The lowest BCUT2D eigenvalue weighted by molar-refractivity contribution is -0.115. The number of nitrogens with one attached hydrogen (secondary N) is 3. The summed E-state index contributed by atoms with van der Waals surface area (Å²) in [5.74, 6) is 0.555. The van der Waals surface area contributed by atoms with Crippen LogP contribution in [0.1, 0.15) is 49.1 Å². The largest absolute Gasteiger partial charge is 0.473 e. The van der Waals surface area contributed by atoms with Crippen LogP contribution in [0.4, 0.5) is 10.6 Å². The van der Waals surface area contributed by atoms with E-state index in [9.17, 15) is 9.59 Å². The molecule has 0 aliphatic heterocycles. The number of rotatable bonds is 8. The Hall–Kier alpha value is -2.62. The number of thiazole rings is 1. The first-order chi connectivity index (χ1) is 13.6. The second kappa shape index (κ2) is 9.54. The summed E-state index contributed by atoms with van der Waals surface area (Å²) in [6, 6.07) is 1.84. The van der Waals surface area contributed by atoms with E-state index in [2.05, 4.69) is 25.8 Å². The smallest absolute Gasteiger partial charge is 0.407 e. The lowest BCUT2D eigenvalue weighted by Gasteiger charge is -2.12. The van der Waals surface area contributed by atoms with Crippen molar-refractivity contribution in [3.63, 3.8) is 0 Å². The molecule has 152 valence electrons. The van der Waals surface area contributed by atoms with Gasteiger partial charge in [-0.05, 0) is 25.7 Å². The zero-order valence-electron chi connectivity index (χ0n) is 16.0. The fourth-order valence-corrected chi connectivity index (χ4v) is 3.89. The lowest BCUT2D eigenvalue weighted by atomic mass is 10.0. The molecular formula is C18H25N5O4S. The average molecular weight is 407 g/mol. The van der Waals surface area contributed by atoms with E-state index >= 15 is 0 Å². The summed E-state index contributed by atoms with van der Waals surface area (Å²) >= 11 is 1.34. The van der Waals surface area contributed by atoms with Crippen LogP contribution in [0.25, 0.3) is 0 Å². The molecular weight excluding hydrogens is 382 g/mol. The van der Waals surface area contributed by atoms with Crippen LogP contribution in [0.3, 0.4) is 0 Å². The Balaban J connectivity index is 1.47. The third-order valence-corrected chi connectivity index (χ3v) is 5.48. The molecule has 3 N–H and O–H groups in total. The van der Waals surface area contributed by atoms with Crippen LogP contribution in [0.5, 0.6) is 5.19 Å². The number of aromatic nitrogens is 3. The van der Waals surface area contributed by atoms with Gasteiger partial charge in [-0.1, -0.05) is 18.3 Å². The zero-order valence-corrected chi connectivity index (χ0v) is 16.8. The van der Waals surface area contributed by atoms with E-state index in [4.69, 9.17) is 9.47 Å². The average Bonchev–Trinajstić information content (AvgIpc) is 3.41. The standard InChI is InChI=1S/C18H25N5O4S/c1-3-6-19-17(25)27-12-5-4-11(7-12)14-9-15(23-22-14)21-16(24)8-13-10-20-18(26-2)28-13/h9-12H,3-8H2,1-2H3,(H,19,25)(H2,21,22,23,24)/t11-,12+/m1/s1. The molecule has 0 bridgehead atoms. The molecule has 10 heteroatoms. The van der Waals surface area contributed by atoms with Crippen LogP contribution in [0.2, 0.25) is 0 Å². The van der Waals surface area contributed by atoms with Crippen LogP contribution in [0.15, 0.2) is 12.3 Å². The Morgan fingerprint density at radius 1 is 1.39 bits per heavy atom. The molecule has 2 aromatic rings. The number of anilines is 1. The van der Waals surface area contributed by atoms with Gasteiger partial charge in [0, 0.05) is 35.3 Å². The summed E-state index contributed by atoms with van der Waals surface area (Å²) in [5.41, 5.74) is 0.940. The molecule has 2 heterocycles. The van der Waals surface area contributed by atoms with Crippen molar-refractivity contribution in [2.24, 2.45) is 0 Å². The number of hydrogen-bond acceptors (Lipinski definition) is 7. The Labute approximate surface area is 167 Å². The second-order valence-electron chi connectivity index (χ2n) is 6.69. The van der Waals surface area contributed by atoms with Crippen molar-refractivity contribution in [3.8, 4) is 5.19 Å². The Bertz CT molecular complexity index is 806. The molecule has 2 aromatic heterocycles. The molecule has 1 aliphatic carbocycles. The molecule has 28 heavy (non-hydrogen) atoms. The number of aromatic amines is 1. The first-order valence-electron chi connectivity index (χ1n) is 9.35. The van der Waals surface area contributed by atoms with Crippen LogP contribution < -0.4 is 15.4 Å². The summed E-state index contributed by atoms with van der Waals surface area (Å²) in [5, 5.41) is 13.2. The zero-order chi connectivity index (χ0) is 19.9. The summed E-state index contributed by atoms with van der Waals surface area (Å²) in [6.45, 7) is 2.61. The van der Waals surface area contributed by atoms with Crippen LogP contribution >= 0.6 is 11.3 Å². The number of alkyl carbamates (subject to hydrolysis) is 1. The fraction of sp³-hybridized carbons (Fsp3) is 0.556. The van der Waals surface area contributed by atoms with Crippen LogP contribution in [-0.4, -0.2) is 46.9 Å². The van der Waals surface area contributed by atoms with Gasteiger partial charge in [0.05, 0.1) is 13.5 Å². The second-order valence-corrected chi connectivity index (χ2v) is 7.77. The molecule has 9 nitrogen and oxygen atoms in total. The predicted octanol–water partition coefficient (Wildman–Crippen LogP) is 2.83. The Morgan fingerprint density at radius 2 is 2.25 bits per heavy atom. The molecule has 0 spiro atoms. The van der Waals surface area contributed by atoms with Crippen molar-refractivity contribution in [2.75, 3.05) is 19.0 Å². The number of methoxy groups -OCH3 is 1. The molecule has 0 radical (unpaired) electrons. The Morgan fingerprint density at radius 3 is 3.00 bits per heavy atom. The van der Waals surface area contributed by atoms with E-state index in [0.717, 1.165) is 36.3 Å². The van der Waals surface area contributed by atoms with Crippen molar-refractivity contribution in [1.29, 1.82) is 0 Å². The highest BCUT2D eigenvalue weighted by atomic mass is 32.1. The number of amides is 2. The van der Waals surface area contributed by atoms with Crippen molar-refractivity contribution in [2.45, 2.75) is 51.0 Å². The predicted molar refractivity (Wildman–Crippen MR) is 105 cm³/mol. The lowest BCUT2D eigenvalue weighted by Crippen LogP contribution is -2.28. The first-order valence-corrected chi connectivity index (χ1v) is 10.2. The van der Waals surface area contributed by atoms with Gasteiger partial charge in [0.2, 0.25) is 5.91 Å². The van der Waals surface area contributed by atoms with Crippen LogP contribution in [0, 0.1) is 0 Å². The third kappa shape index (κ3) is 5.44. The molecule has 0 aromatic carbocycles. The van der Waals surface area contributed by atoms with Crippen molar-refractivity contribution in [3.05, 3.63) is 22.8 Å². The summed E-state index contributed by atoms with van der Waals surface area (Å²) in [4.78, 5) is 28.7. The highest BCUT2D eigenvalue weighted by Crippen LogP contribution is 2.35. The van der Waals surface area contributed by atoms with Crippen molar-refractivity contribution < 1.29 is 19.1 Å². The number of hydrogen-bond donors (Lipinski definition) is 3. The van der Waals surface area contributed by atoms with Gasteiger partial charge in [-0.3, -0.25) is 9.89 Å². The van der Waals surface area contributed by atoms with Gasteiger partial charge >= 0.3 is 6.09 Å². The number of ether oxygens (including phenoxy) is 2. The quantitative estimate of drug-likeness (QED) is 0.619. The number of H-pyrrole nitrogens is 1. The van der Waals surface area contributed by atoms with Gasteiger partial charge in [-0.25, -0.2) is 9.78 Å². The maximum absolute atomic E-state index is 12.2. The van der Waals surface area contributed by atoms with E-state index < -0.39 is 0 Å². The third-order valence-electron chi connectivity index (χ3n) is 4.52. The summed E-state index contributed by atoms with van der Waals surface area (Å²) in [7, 11) is 1.55. The fourth-order valence-electron chi connectivity index (χ4n) is 3.17. The van der Waals surface area contributed by atoms with E-state index in [-0.39, 0.29) is 30.4 Å². The van der Waals surface area contributed by atoms with E-state index in [0.29, 0.717) is 17.6 Å². The van der Waals surface area contributed by atoms with Gasteiger partial charge in [-0.2, -0.15) is 5.10 Å². The van der Waals surface area contributed by atoms with Gasteiger partial charge in [0.25, 0.3) is 5.19 Å². The Kier molecular flexibility index (Phi) is 6.85. The van der Waals surface area contributed by atoms with Gasteiger partial charge in [0.1, 0.15) is 6.10 Å². The number of carbonyl (C=O) groups excluding carboxylic acids is 2. The normalized spacial score (nSPS) is 18.6. The highest BCUT2D eigenvalue weighted by molar-refractivity contribution is 7.13. The monoisotopic (exact) mass is 407 g/mol. The minimum Gasteiger partial charge on any atom is -0.473 e. The van der Waals surface area contributed by atoms with Crippen molar-refractivity contribution in [1.82, 2.24) is 20.5 Å². The molecule has 3 rings (SSSR count). The highest BCUT2D eigenvalue weighted by Gasteiger charge is 2.30. The maximum Gasteiger partial charge on any atom is 0.407 e. The van der Waals surface area contributed by atoms with Gasteiger partial charge < -0.3 is 20.1 Å². The minimum absolute atomic E-state index is 0.0930. The first kappa shape index (κ1) is 20.1. The van der Waals surface area contributed by atoms with E-state index in [1.54, 1.807) is 13.3 Å². The molecule has 2 amide bonds. The minimum atomic E-state index is -0.357. The molecule has 0 saturated heterocycles. The van der Waals surface area contributed by atoms with Crippen LogP contribution in [-0.2, 0) is 16.0 Å². The number of nitrogens with zero attached hydrogens (tertiary/aromatic N) is 2. The molecule has 1 saturated carbocycles. The summed E-state index contributed by atoms with van der Waals surface area (Å²) < 4.78 is 10.5. The topological polar surface area (TPSA) is 118 Å². The van der Waals surface area contributed by atoms with Crippen molar-refractivity contribution >= 4 is 29.2 Å². The molecule has 1 aliphatic rings. The summed E-state index contributed by atoms with van der Waals surface area (Å²) in [6.07, 6.45) is 4.75. The van der Waals surface area contributed by atoms with E-state index in [1.165, 1.54) is 11.3 Å². The molecule has 2 atom stereocenters.